The molecule has 8 heteroatoms. The largest absolute Gasteiger partial charge is 0.457 e. The van der Waals surface area contributed by atoms with Crippen LogP contribution in [0.1, 0.15) is 50.9 Å². The molecule has 0 saturated heterocycles. The van der Waals surface area contributed by atoms with Gasteiger partial charge in [0.2, 0.25) is 0 Å². The predicted molar refractivity (Wildman–Crippen MR) is 139 cm³/mol. The van der Waals surface area contributed by atoms with E-state index >= 15 is 0 Å². The lowest BCUT2D eigenvalue weighted by Crippen LogP contribution is -2.00. The van der Waals surface area contributed by atoms with E-state index in [1.54, 1.807) is 17.5 Å². The van der Waals surface area contributed by atoms with Crippen LogP contribution in [0.5, 0.6) is 11.5 Å². The lowest BCUT2D eigenvalue weighted by atomic mass is 10.0. The highest BCUT2D eigenvalue weighted by Gasteiger charge is 2.16. The van der Waals surface area contributed by atoms with Crippen LogP contribution in [0.3, 0.4) is 0 Å². The number of benzene rings is 1. The quantitative estimate of drug-likeness (QED) is 0.292. The summed E-state index contributed by atoms with van der Waals surface area (Å²) in [4.78, 5) is 17.1. The highest BCUT2D eigenvalue weighted by Crippen LogP contribution is 2.32. The maximum absolute atomic E-state index is 8.32. The molecule has 3 aromatic heterocycles. The molecule has 4 aromatic rings. The summed E-state index contributed by atoms with van der Waals surface area (Å²) in [5, 5.41) is 12.3. The fraction of sp³-hybridized carbons (Fsp3) is 0.423. The van der Waals surface area contributed by atoms with Crippen molar-refractivity contribution in [3.05, 3.63) is 47.9 Å². The molecule has 3 heterocycles. The van der Waals surface area contributed by atoms with Crippen LogP contribution in [0.25, 0.3) is 21.7 Å². The predicted octanol–water partition coefficient (Wildman–Crippen LogP) is 6.21. The molecular formula is C26H33N5O2S. The number of rotatable bonds is 7. The number of aryl methyl sites for hydroxylation is 2. The summed E-state index contributed by atoms with van der Waals surface area (Å²) < 4.78 is 7.16. The minimum Gasteiger partial charge on any atom is -0.457 e. The molecule has 1 aliphatic carbocycles. The SMILES string of the molecule is CC(C)CCCO.CNc1nc2ccc(Oc3ccnc(-c4nc5c([nH]4)CCCC5)c3)cc2s1. The van der Waals surface area contributed by atoms with E-state index < -0.39 is 0 Å². The third-order valence-corrected chi connectivity index (χ3v) is 6.71. The van der Waals surface area contributed by atoms with Gasteiger partial charge in [0.1, 0.15) is 17.2 Å². The van der Waals surface area contributed by atoms with E-state index in [1.165, 1.54) is 24.2 Å². The van der Waals surface area contributed by atoms with Crippen molar-refractivity contribution in [3.63, 3.8) is 0 Å². The Bertz CT molecular complexity index is 1190. The van der Waals surface area contributed by atoms with E-state index in [0.717, 1.165) is 70.0 Å². The van der Waals surface area contributed by atoms with Gasteiger partial charge in [-0.2, -0.15) is 0 Å². The normalized spacial score (nSPS) is 12.9. The molecule has 5 rings (SSSR count). The van der Waals surface area contributed by atoms with Crippen LogP contribution in [0.2, 0.25) is 0 Å². The summed E-state index contributed by atoms with van der Waals surface area (Å²) in [6, 6.07) is 9.72. The van der Waals surface area contributed by atoms with Crippen molar-refractivity contribution in [3.8, 4) is 23.0 Å². The molecule has 7 nitrogen and oxygen atoms in total. The molecule has 34 heavy (non-hydrogen) atoms. The number of ether oxygens (including phenoxy) is 1. The van der Waals surface area contributed by atoms with E-state index in [4.69, 9.17) is 14.8 Å². The number of nitrogens with zero attached hydrogens (tertiary/aromatic N) is 3. The molecule has 0 fully saturated rings. The van der Waals surface area contributed by atoms with Crippen LogP contribution >= 0.6 is 11.3 Å². The Morgan fingerprint density at radius 2 is 1.94 bits per heavy atom. The Kier molecular flexibility index (Phi) is 8.13. The number of aromatic nitrogens is 4. The lowest BCUT2D eigenvalue weighted by Gasteiger charge is -2.07. The number of hydrogen-bond donors (Lipinski definition) is 3. The molecule has 0 radical (unpaired) electrons. The average molecular weight is 480 g/mol. The second-order valence-corrected chi connectivity index (χ2v) is 9.89. The number of pyridine rings is 1. The number of H-pyrrole nitrogens is 1. The second-order valence-electron chi connectivity index (χ2n) is 8.85. The first kappa shape index (κ1) is 24.2. The summed E-state index contributed by atoms with van der Waals surface area (Å²) in [5.74, 6) is 3.09. The molecule has 0 amide bonds. The third kappa shape index (κ3) is 6.12. The zero-order valence-electron chi connectivity index (χ0n) is 20.1. The van der Waals surface area contributed by atoms with Gasteiger partial charge in [-0.15, -0.1) is 0 Å². The number of hydrogen-bond acceptors (Lipinski definition) is 7. The number of fused-ring (bicyclic) bond motifs is 2. The first-order chi connectivity index (χ1) is 16.6. The molecular weight excluding hydrogens is 446 g/mol. The minimum absolute atomic E-state index is 0.345. The van der Waals surface area contributed by atoms with E-state index in [-0.39, 0.29) is 0 Å². The molecule has 0 saturated carbocycles. The van der Waals surface area contributed by atoms with Crippen LogP contribution in [0.4, 0.5) is 5.13 Å². The van der Waals surface area contributed by atoms with Crippen LogP contribution in [-0.2, 0) is 12.8 Å². The van der Waals surface area contributed by atoms with Crippen molar-refractivity contribution in [1.29, 1.82) is 0 Å². The Hall–Kier alpha value is -2.97. The number of aliphatic hydroxyl groups excluding tert-OH is 1. The Labute approximate surface area is 204 Å². The molecule has 1 aliphatic rings. The summed E-state index contributed by atoms with van der Waals surface area (Å²) in [5.41, 5.74) is 4.20. The first-order valence-electron chi connectivity index (χ1n) is 12.0. The Morgan fingerprint density at radius 3 is 2.68 bits per heavy atom. The first-order valence-corrected chi connectivity index (χ1v) is 12.8. The van der Waals surface area contributed by atoms with Gasteiger partial charge in [-0.1, -0.05) is 25.2 Å². The topological polar surface area (TPSA) is 95.9 Å². The van der Waals surface area contributed by atoms with E-state index in [0.29, 0.717) is 6.61 Å². The molecule has 180 valence electrons. The van der Waals surface area contributed by atoms with Gasteiger partial charge in [0.15, 0.2) is 11.0 Å². The fourth-order valence-corrected chi connectivity index (χ4v) is 4.74. The summed E-state index contributed by atoms with van der Waals surface area (Å²) in [7, 11) is 1.88. The van der Waals surface area contributed by atoms with Crippen molar-refractivity contribution >= 4 is 26.7 Å². The van der Waals surface area contributed by atoms with Gasteiger partial charge in [-0.05, 0) is 62.6 Å². The number of aromatic amines is 1. The maximum Gasteiger partial charge on any atom is 0.183 e. The van der Waals surface area contributed by atoms with Gasteiger partial charge in [-0.3, -0.25) is 4.98 Å². The van der Waals surface area contributed by atoms with Gasteiger partial charge < -0.3 is 20.1 Å². The number of imidazole rings is 1. The van der Waals surface area contributed by atoms with Gasteiger partial charge >= 0.3 is 0 Å². The van der Waals surface area contributed by atoms with Crippen LogP contribution in [-0.4, -0.2) is 38.7 Å². The minimum atomic E-state index is 0.345. The smallest absolute Gasteiger partial charge is 0.183 e. The fourth-order valence-electron chi connectivity index (χ4n) is 3.89. The van der Waals surface area contributed by atoms with Crippen molar-refractivity contribution < 1.29 is 9.84 Å². The van der Waals surface area contributed by atoms with E-state index in [2.05, 4.69) is 34.1 Å². The van der Waals surface area contributed by atoms with Gasteiger partial charge in [0.05, 0.1) is 15.9 Å². The maximum atomic E-state index is 8.32. The molecule has 3 N–H and O–H groups in total. The Balaban J connectivity index is 0.000000344. The van der Waals surface area contributed by atoms with Gasteiger partial charge in [0, 0.05) is 37.7 Å². The van der Waals surface area contributed by atoms with E-state index in [9.17, 15) is 0 Å². The van der Waals surface area contributed by atoms with Crippen molar-refractivity contribution in [2.75, 3.05) is 19.0 Å². The average Bonchev–Trinajstić information content (AvgIpc) is 3.47. The molecule has 0 unspecified atom stereocenters. The number of anilines is 1. The number of thiazole rings is 1. The summed E-state index contributed by atoms with van der Waals surface area (Å²) >= 11 is 1.61. The van der Waals surface area contributed by atoms with Crippen LogP contribution in [0.15, 0.2) is 36.5 Å². The van der Waals surface area contributed by atoms with Crippen molar-refractivity contribution in [2.45, 2.75) is 52.4 Å². The summed E-state index contributed by atoms with van der Waals surface area (Å²) in [6.07, 6.45) is 8.42. The molecule has 1 aromatic carbocycles. The Morgan fingerprint density at radius 1 is 1.12 bits per heavy atom. The van der Waals surface area contributed by atoms with Gasteiger partial charge in [0.25, 0.3) is 0 Å². The lowest BCUT2D eigenvalue weighted by molar-refractivity contribution is 0.276. The molecule has 0 aliphatic heterocycles. The van der Waals surface area contributed by atoms with Crippen LogP contribution < -0.4 is 10.1 Å². The third-order valence-electron chi connectivity index (χ3n) is 5.68. The van der Waals surface area contributed by atoms with Crippen molar-refractivity contribution in [2.24, 2.45) is 5.92 Å². The molecule has 0 spiro atoms. The second kappa shape index (κ2) is 11.4. The molecule has 0 atom stereocenters. The van der Waals surface area contributed by atoms with Crippen LogP contribution in [0, 0.1) is 5.92 Å². The summed E-state index contributed by atoms with van der Waals surface area (Å²) in [6.45, 7) is 4.67. The van der Waals surface area contributed by atoms with Gasteiger partial charge in [-0.25, -0.2) is 9.97 Å². The zero-order chi connectivity index (χ0) is 23.9. The zero-order valence-corrected chi connectivity index (χ0v) is 20.9. The number of nitrogens with one attached hydrogen (secondary N) is 2. The van der Waals surface area contributed by atoms with Crippen molar-refractivity contribution in [1.82, 2.24) is 19.9 Å². The highest BCUT2D eigenvalue weighted by atomic mass is 32.1. The van der Waals surface area contributed by atoms with E-state index in [1.807, 2.05) is 37.4 Å². The standard InChI is InChI=1S/C20H19N5OS.C6H14O/c1-21-20-25-16-7-6-12(11-18(16)27-20)26-13-8-9-22-17(10-13)19-23-14-4-2-3-5-15(14)24-19;1-6(2)4-3-5-7/h6-11H,2-5H2,1H3,(H,21,25)(H,23,24);6-7H,3-5H2,1-2H3. The highest BCUT2D eigenvalue weighted by molar-refractivity contribution is 7.22. The molecule has 0 bridgehead atoms. The number of aliphatic hydroxyl groups is 1. The monoisotopic (exact) mass is 479 g/mol.